The smallest absolute Gasteiger partial charge is 0.265 e. The molecule has 23 heavy (non-hydrogen) atoms. The van der Waals surface area contributed by atoms with Crippen molar-refractivity contribution in [2.45, 2.75) is 46.6 Å². The molecule has 2 aromatic rings. The summed E-state index contributed by atoms with van der Waals surface area (Å²) in [7, 11) is 0. The lowest BCUT2D eigenvalue weighted by atomic mass is 10.0. The van der Waals surface area contributed by atoms with E-state index in [1.165, 1.54) is 0 Å². The highest BCUT2D eigenvalue weighted by Gasteiger charge is 2.18. The standard InChI is InChI=1S/C20H25NO2/c1-13(2)17-8-6-7-9-19(17)23-16(5)20(22)21-18-12-14(3)10-11-15(18)4/h6-13,16H,1-5H3,(H,21,22)/t16-/m0/s1. The van der Waals surface area contributed by atoms with E-state index < -0.39 is 6.10 Å². The molecule has 2 aromatic carbocycles. The Morgan fingerprint density at radius 2 is 1.74 bits per heavy atom. The molecular weight excluding hydrogens is 286 g/mol. The van der Waals surface area contributed by atoms with Gasteiger partial charge in [0.25, 0.3) is 5.91 Å². The number of anilines is 1. The van der Waals surface area contributed by atoms with Crippen molar-refractivity contribution in [2.75, 3.05) is 5.32 Å². The fourth-order valence-electron chi connectivity index (χ4n) is 2.41. The summed E-state index contributed by atoms with van der Waals surface area (Å²) in [5.74, 6) is 0.976. The Morgan fingerprint density at radius 3 is 2.43 bits per heavy atom. The SMILES string of the molecule is Cc1ccc(C)c(NC(=O)[C@H](C)Oc2ccccc2C(C)C)c1. The fraction of sp³-hybridized carbons (Fsp3) is 0.350. The van der Waals surface area contributed by atoms with Crippen LogP contribution in [-0.2, 0) is 4.79 Å². The molecule has 1 amide bonds. The van der Waals surface area contributed by atoms with Crippen LogP contribution in [0.3, 0.4) is 0 Å². The summed E-state index contributed by atoms with van der Waals surface area (Å²) >= 11 is 0. The number of carbonyl (C=O) groups is 1. The zero-order valence-electron chi connectivity index (χ0n) is 14.5. The van der Waals surface area contributed by atoms with Gasteiger partial charge in [0, 0.05) is 5.69 Å². The average molecular weight is 311 g/mol. The number of benzene rings is 2. The maximum atomic E-state index is 12.4. The molecule has 3 nitrogen and oxygen atoms in total. The maximum absolute atomic E-state index is 12.4. The molecule has 0 spiro atoms. The van der Waals surface area contributed by atoms with Crippen molar-refractivity contribution in [3.63, 3.8) is 0 Å². The number of hydrogen-bond donors (Lipinski definition) is 1. The molecule has 122 valence electrons. The van der Waals surface area contributed by atoms with Crippen LogP contribution in [-0.4, -0.2) is 12.0 Å². The third kappa shape index (κ3) is 4.35. The predicted molar refractivity (Wildman–Crippen MR) is 95.2 cm³/mol. The largest absolute Gasteiger partial charge is 0.481 e. The summed E-state index contributed by atoms with van der Waals surface area (Å²) in [6.07, 6.45) is -0.560. The number of ether oxygens (including phenoxy) is 1. The lowest BCUT2D eigenvalue weighted by Crippen LogP contribution is -2.30. The van der Waals surface area contributed by atoms with Gasteiger partial charge in [-0.3, -0.25) is 4.79 Å². The highest BCUT2D eigenvalue weighted by Crippen LogP contribution is 2.27. The molecule has 0 saturated heterocycles. The van der Waals surface area contributed by atoms with Gasteiger partial charge in [0.05, 0.1) is 0 Å². The number of hydrogen-bond acceptors (Lipinski definition) is 2. The molecule has 0 saturated carbocycles. The molecule has 0 aliphatic rings. The molecule has 3 heteroatoms. The summed E-state index contributed by atoms with van der Waals surface area (Å²) in [6.45, 7) is 9.99. The first-order valence-corrected chi connectivity index (χ1v) is 8.02. The number of para-hydroxylation sites is 1. The molecule has 0 unspecified atom stereocenters. The van der Waals surface area contributed by atoms with Crippen LogP contribution in [0.15, 0.2) is 42.5 Å². The monoisotopic (exact) mass is 311 g/mol. The first-order valence-electron chi connectivity index (χ1n) is 8.02. The topological polar surface area (TPSA) is 38.3 Å². The number of aryl methyl sites for hydroxylation is 2. The van der Waals surface area contributed by atoms with Crippen LogP contribution in [0.5, 0.6) is 5.75 Å². The Balaban J connectivity index is 2.10. The van der Waals surface area contributed by atoms with Crippen molar-refractivity contribution >= 4 is 11.6 Å². The second-order valence-corrected chi connectivity index (χ2v) is 6.26. The second kappa shape index (κ2) is 7.32. The van der Waals surface area contributed by atoms with Crippen molar-refractivity contribution in [3.05, 3.63) is 59.2 Å². The lowest BCUT2D eigenvalue weighted by molar-refractivity contribution is -0.122. The van der Waals surface area contributed by atoms with Gasteiger partial charge in [0.15, 0.2) is 6.10 Å². The first-order chi connectivity index (χ1) is 10.9. The highest BCUT2D eigenvalue weighted by atomic mass is 16.5. The summed E-state index contributed by atoms with van der Waals surface area (Å²) in [4.78, 5) is 12.4. The van der Waals surface area contributed by atoms with E-state index in [1.54, 1.807) is 6.92 Å². The summed E-state index contributed by atoms with van der Waals surface area (Å²) in [6, 6.07) is 13.9. The molecule has 0 aliphatic heterocycles. The Bertz CT molecular complexity index is 692. The van der Waals surface area contributed by atoms with Gasteiger partial charge in [-0.2, -0.15) is 0 Å². The zero-order chi connectivity index (χ0) is 17.0. The number of carbonyl (C=O) groups excluding carboxylic acids is 1. The summed E-state index contributed by atoms with van der Waals surface area (Å²) < 4.78 is 5.90. The van der Waals surface area contributed by atoms with Crippen molar-refractivity contribution in [1.29, 1.82) is 0 Å². The van der Waals surface area contributed by atoms with Gasteiger partial charge >= 0.3 is 0 Å². The van der Waals surface area contributed by atoms with Crippen molar-refractivity contribution in [1.82, 2.24) is 0 Å². The van der Waals surface area contributed by atoms with E-state index in [0.29, 0.717) is 5.92 Å². The predicted octanol–water partition coefficient (Wildman–Crippen LogP) is 4.83. The average Bonchev–Trinajstić information content (AvgIpc) is 2.51. The molecular formula is C20H25NO2. The Labute approximate surface area is 138 Å². The lowest BCUT2D eigenvalue weighted by Gasteiger charge is -2.19. The molecule has 1 N–H and O–H groups in total. The summed E-state index contributed by atoms with van der Waals surface area (Å²) in [5, 5.41) is 2.96. The molecule has 1 atom stereocenters. The van der Waals surface area contributed by atoms with E-state index in [9.17, 15) is 4.79 Å². The van der Waals surface area contributed by atoms with Crippen LogP contribution in [0.25, 0.3) is 0 Å². The van der Waals surface area contributed by atoms with Crippen LogP contribution < -0.4 is 10.1 Å². The highest BCUT2D eigenvalue weighted by molar-refractivity contribution is 5.94. The maximum Gasteiger partial charge on any atom is 0.265 e. The molecule has 0 aliphatic carbocycles. The Kier molecular flexibility index (Phi) is 5.43. The zero-order valence-corrected chi connectivity index (χ0v) is 14.5. The van der Waals surface area contributed by atoms with Gasteiger partial charge in [-0.15, -0.1) is 0 Å². The number of nitrogens with one attached hydrogen (secondary N) is 1. The van der Waals surface area contributed by atoms with Crippen LogP contribution in [0.2, 0.25) is 0 Å². The van der Waals surface area contributed by atoms with E-state index in [1.807, 2.05) is 56.3 Å². The quantitative estimate of drug-likeness (QED) is 0.858. The summed E-state index contributed by atoms with van der Waals surface area (Å²) in [5.41, 5.74) is 4.10. The van der Waals surface area contributed by atoms with E-state index in [4.69, 9.17) is 4.74 Å². The van der Waals surface area contributed by atoms with Gasteiger partial charge in [-0.05, 0) is 55.5 Å². The normalized spacial score (nSPS) is 12.1. The van der Waals surface area contributed by atoms with Crippen LogP contribution in [0.4, 0.5) is 5.69 Å². The van der Waals surface area contributed by atoms with Gasteiger partial charge in [0.2, 0.25) is 0 Å². The Hall–Kier alpha value is -2.29. The van der Waals surface area contributed by atoms with Crippen LogP contribution >= 0.6 is 0 Å². The molecule has 2 rings (SSSR count). The molecule has 0 bridgehead atoms. The molecule has 0 radical (unpaired) electrons. The number of amides is 1. The second-order valence-electron chi connectivity index (χ2n) is 6.26. The van der Waals surface area contributed by atoms with Crippen molar-refractivity contribution < 1.29 is 9.53 Å². The van der Waals surface area contributed by atoms with Gasteiger partial charge in [-0.25, -0.2) is 0 Å². The minimum atomic E-state index is -0.560. The van der Waals surface area contributed by atoms with E-state index in [-0.39, 0.29) is 5.91 Å². The third-order valence-electron chi connectivity index (χ3n) is 3.86. The minimum Gasteiger partial charge on any atom is -0.481 e. The van der Waals surface area contributed by atoms with Crippen molar-refractivity contribution in [3.8, 4) is 5.75 Å². The van der Waals surface area contributed by atoms with Gasteiger partial charge < -0.3 is 10.1 Å². The molecule has 0 fully saturated rings. The first kappa shape index (κ1) is 17.1. The third-order valence-corrected chi connectivity index (χ3v) is 3.86. The molecule has 0 aromatic heterocycles. The molecule has 0 heterocycles. The van der Waals surface area contributed by atoms with Gasteiger partial charge in [0.1, 0.15) is 5.75 Å². The van der Waals surface area contributed by atoms with E-state index >= 15 is 0 Å². The van der Waals surface area contributed by atoms with Crippen LogP contribution in [0.1, 0.15) is 43.4 Å². The van der Waals surface area contributed by atoms with Gasteiger partial charge in [-0.1, -0.05) is 44.2 Å². The fourth-order valence-corrected chi connectivity index (χ4v) is 2.41. The van der Waals surface area contributed by atoms with Crippen LogP contribution in [0, 0.1) is 13.8 Å². The van der Waals surface area contributed by atoms with E-state index in [2.05, 4.69) is 19.2 Å². The number of rotatable bonds is 5. The Morgan fingerprint density at radius 1 is 1.04 bits per heavy atom. The minimum absolute atomic E-state index is 0.141. The van der Waals surface area contributed by atoms with Crippen molar-refractivity contribution in [2.24, 2.45) is 0 Å². The van der Waals surface area contributed by atoms with E-state index in [0.717, 1.165) is 28.1 Å².